The Bertz CT molecular complexity index is 642. The van der Waals surface area contributed by atoms with E-state index in [-0.39, 0.29) is 0 Å². The third-order valence-corrected chi connectivity index (χ3v) is 4.98. The topological polar surface area (TPSA) is 0 Å². The van der Waals surface area contributed by atoms with Gasteiger partial charge in [0.25, 0.3) is 0 Å². The fraction of sp³-hybridized carbons (Fsp3) is 1.00. The Hall–Kier alpha value is -0.0200. The van der Waals surface area contributed by atoms with Crippen molar-refractivity contribution in [2.75, 3.05) is 0 Å². The van der Waals surface area contributed by atoms with Gasteiger partial charge >= 0.3 is 55.9 Å². The molecule has 0 radical (unpaired) electrons. The van der Waals surface area contributed by atoms with E-state index >= 15 is 0 Å². The highest BCUT2D eigenvalue weighted by atomic mass is 127. The van der Waals surface area contributed by atoms with Crippen LogP contribution in [0.2, 0.25) is 0 Å². The molecule has 0 aliphatic heterocycles. The molecule has 0 aliphatic rings. The van der Waals surface area contributed by atoms with Crippen LogP contribution < -0.4 is 0 Å². The van der Waals surface area contributed by atoms with Crippen LogP contribution in [0.25, 0.3) is 0 Å². The smallest absolute Gasteiger partial charge is 0.211 e. The van der Waals surface area contributed by atoms with Crippen molar-refractivity contribution in [1.29, 1.82) is 0 Å². The van der Waals surface area contributed by atoms with Gasteiger partial charge in [-0.15, -0.1) is 0 Å². The molecule has 32 heavy (non-hydrogen) atoms. The molecule has 194 valence electrons. The van der Waals surface area contributed by atoms with Crippen LogP contribution in [0, 0.1) is 0 Å². The minimum Gasteiger partial charge on any atom is -0.211 e. The second-order valence-corrected chi connectivity index (χ2v) is 7.94. The summed E-state index contributed by atoms with van der Waals surface area (Å²) in [7, 11) is 0. The van der Waals surface area contributed by atoms with Gasteiger partial charge in [0.2, 0.25) is 0 Å². The van der Waals surface area contributed by atoms with Crippen LogP contribution in [0.4, 0.5) is 83.4 Å². The molecule has 0 nitrogen and oxygen atoms in total. The summed E-state index contributed by atoms with van der Waals surface area (Å²) in [5.41, 5.74) is 0. The van der Waals surface area contributed by atoms with Crippen molar-refractivity contribution < 1.29 is 83.4 Å². The Kier molecular flexibility index (Phi) is 7.73. The molecule has 0 heterocycles. The number of hydrogen-bond acceptors (Lipinski definition) is 0. The molecule has 0 amide bonds. The highest BCUT2D eigenvalue weighted by Gasteiger charge is 2.97. The first-order valence-corrected chi connectivity index (χ1v) is 8.24. The summed E-state index contributed by atoms with van der Waals surface area (Å²) in [5.74, 6) is -59.4. The second kappa shape index (κ2) is 7.74. The van der Waals surface area contributed by atoms with Crippen molar-refractivity contribution >= 4 is 45.8 Å². The molecule has 0 bridgehead atoms. The van der Waals surface area contributed by atoms with Crippen molar-refractivity contribution in [2.45, 2.75) is 55.9 Å². The number of rotatable bonds is 9. The quantitative estimate of drug-likeness (QED) is 0.131. The van der Waals surface area contributed by atoms with Gasteiger partial charge in [0, 0.05) is 22.6 Å². The van der Waals surface area contributed by atoms with E-state index in [1.807, 2.05) is 0 Å². The van der Waals surface area contributed by atoms with Gasteiger partial charge in [0.15, 0.2) is 0 Å². The van der Waals surface area contributed by atoms with Crippen LogP contribution in [-0.4, -0.2) is 55.9 Å². The summed E-state index contributed by atoms with van der Waals surface area (Å²) >= 11 is 6.00. The van der Waals surface area contributed by atoms with Gasteiger partial charge in [0.05, 0.1) is 0 Å². The predicted molar refractivity (Wildman–Crippen MR) is 74.1 cm³/mol. The molecule has 0 fully saturated rings. The maximum absolute atomic E-state index is 13.4. The minimum absolute atomic E-state index is 1.08. The van der Waals surface area contributed by atoms with Crippen LogP contribution in [0.3, 0.4) is 0 Å². The van der Waals surface area contributed by atoms with Gasteiger partial charge in [-0.05, 0) is 11.6 Å². The minimum atomic E-state index is -8.89. The van der Waals surface area contributed by atoms with E-state index < -0.39 is 78.5 Å². The molecule has 0 saturated carbocycles. The molecule has 22 heteroatoms. The average Bonchev–Trinajstić information content (AvgIpc) is 2.51. The highest BCUT2D eigenvalue weighted by Crippen LogP contribution is 2.67. The lowest BCUT2D eigenvalue weighted by Crippen LogP contribution is -2.76. The lowest BCUT2D eigenvalue weighted by molar-refractivity contribution is -0.453. The monoisotopic (exact) mass is 678 g/mol. The van der Waals surface area contributed by atoms with Crippen molar-refractivity contribution in [1.82, 2.24) is 0 Å². The Morgan fingerprint density at radius 2 is 0.531 bits per heavy atom. The van der Waals surface area contributed by atoms with E-state index in [9.17, 15) is 83.4 Å². The third-order valence-electron chi connectivity index (χ3n) is 3.47. The van der Waals surface area contributed by atoms with Crippen molar-refractivity contribution in [3.05, 3.63) is 0 Å². The van der Waals surface area contributed by atoms with Crippen LogP contribution in [0.15, 0.2) is 0 Å². The third kappa shape index (κ3) is 3.84. The van der Waals surface area contributed by atoms with Crippen LogP contribution in [0.5, 0.6) is 0 Å². The van der Waals surface area contributed by atoms with Gasteiger partial charge in [0.1, 0.15) is 0 Å². The molecule has 0 saturated heterocycles. The van der Waals surface area contributed by atoms with E-state index in [1.165, 1.54) is 0 Å². The molecule has 1 unspecified atom stereocenters. The largest absolute Gasteiger partial charge is 0.387 e. The summed E-state index contributed by atoms with van der Waals surface area (Å²) in [6.07, 6.45) is 0. The first kappa shape index (κ1) is 32.0. The summed E-state index contributed by atoms with van der Waals surface area (Å²) < 4.78 is 242. The van der Waals surface area contributed by atoms with Crippen molar-refractivity contribution in [3.63, 3.8) is 0 Å². The first-order chi connectivity index (χ1) is 13.2. The number of halogens is 22. The summed E-state index contributed by atoms with van der Waals surface area (Å²) in [6, 6.07) is 0. The standard InChI is InChI=1S/C10Cl2F19I/c11-1(13,9(12,28)29)2(14,15)3(16,17)4(18,19)5(20,21)6(22,23)7(24,25)8(26,27)10(30,31)32. The summed E-state index contributed by atoms with van der Waals surface area (Å²) in [6.45, 7) is 0. The molecule has 0 spiro atoms. The average molecular weight is 679 g/mol. The molecule has 0 N–H and O–H groups in total. The van der Waals surface area contributed by atoms with Gasteiger partial charge < -0.3 is 0 Å². The zero-order valence-electron chi connectivity index (χ0n) is 13.3. The fourth-order valence-corrected chi connectivity index (χ4v) is 2.12. The zero-order chi connectivity index (χ0) is 27.0. The SMILES string of the molecule is FC(F)(Cl)C(F)(Cl)C(F)(F)C(F)(F)C(F)(F)C(F)(F)C(F)(F)C(F)(F)C(F)(F)C(F)(F)I. The Morgan fingerprint density at radius 1 is 0.344 bits per heavy atom. The lowest BCUT2D eigenvalue weighted by atomic mass is 9.88. The molecule has 0 aromatic heterocycles. The maximum Gasteiger partial charge on any atom is 0.387 e. The summed E-state index contributed by atoms with van der Waals surface area (Å²) in [4.78, 5) is 0. The molecule has 0 aromatic carbocycles. The maximum atomic E-state index is 13.4. The molecular formula is C10Cl2F19I. The number of alkyl halides is 22. The van der Waals surface area contributed by atoms with E-state index in [1.54, 1.807) is 0 Å². The van der Waals surface area contributed by atoms with Crippen LogP contribution in [-0.2, 0) is 0 Å². The lowest BCUT2D eigenvalue weighted by Gasteiger charge is -2.44. The Morgan fingerprint density at radius 3 is 0.719 bits per heavy atom. The zero-order valence-corrected chi connectivity index (χ0v) is 17.0. The molecular weight excluding hydrogens is 679 g/mol. The first-order valence-electron chi connectivity index (χ1n) is 6.41. The Labute approximate surface area is 185 Å². The van der Waals surface area contributed by atoms with E-state index in [0.29, 0.717) is 0 Å². The van der Waals surface area contributed by atoms with Gasteiger partial charge in [-0.25, -0.2) is 4.39 Å². The van der Waals surface area contributed by atoms with E-state index in [0.717, 1.165) is 0 Å². The van der Waals surface area contributed by atoms with Crippen LogP contribution in [0.1, 0.15) is 0 Å². The molecule has 1 atom stereocenters. The number of hydrogen-bond donors (Lipinski definition) is 0. The highest BCUT2D eigenvalue weighted by molar-refractivity contribution is 14.1. The van der Waals surface area contributed by atoms with Crippen molar-refractivity contribution in [3.8, 4) is 0 Å². The van der Waals surface area contributed by atoms with Crippen LogP contribution >= 0.6 is 45.8 Å². The van der Waals surface area contributed by atoms with Gasteiger partial charge in [-0.1, -0.05) is 11.6 Å². The predicted octanol–water partition coefficient (Wildman–Crippen LogP) is 8.20. The van der Waals surface area contributed by atoms with Crippen molar-refractivity contribution in [2.24, 2.45) is 0 Å². The molecule has 0 aromatic rings. The second-order valence-electron chi connectivity index (χ2n) is 5.59. The normalized spacial score (nSPS) is 18.6. The molecule has 0 rings (SSSR count). The fourth-order valence-electron chi connectivity index (χ4n) is 1.54. The van der Waals surface area contributed by atoms with Gasteiger partial charge in [-0.3, -0.25) is 0 Å². The van der Waals surface area contributed by atoms with E-state index in [2.05, 4.69) is 23.2 Å². The Balaban J connectivity index is 7.00. The summed E-state index contributed by atoms with van der Waals surface area (Å²) in [5, 5.41) is -13.6. The van der Waals surface area contributed by atoms with E-state index in [4.69, 9.17) is 0 Å². The van der Waals surface area contributed by atoms with Gasteiger partial charge in [-0.2, -0.15) is 79.0 Å². The molecule has 0 aliphatic carbocycles.